The molecule has 4 aromatic heterocycles. The number of hydrogen-bond acceptors (Lipinski definition) is 6. The van der Waals surface area contributed by atoms with Crippen molar-refractivity contribution in [2.24, 2.45) is 0 Å². The minimum Gasteiger partial charge on any atom is -0.360 e. The molecule has 0 bridgehead atoms. The molecule has 1 saturated carbocycles. The summed E-state index contributed by atoms with van der Waals surface area (Å²) in [5.41, 5.74) is 3.68. The average Bonchev–Trinajstić information content (AvgIpc) is 3.11. The minimum absolute atomic E-state index is 0.0158. The smallest absolute Gasteiger partial charge is 0.227 e. The summed E-state index contributed by atoms with van der Waals surface area (Å²) in [5, 5.41) is 10.2. The number of hydrogen-bond donors (Lipinski definition) is 3. The maximum Gasteiger partial charge on any atom is 0.227 e. The van der Waals surface area contributed by atoms with Crippen molar-refractivity contribution in [2.45, 2.75) is 31.5 Å². The van der Waals surface area contributed by atoms with Gasteiger partial charge in [0.05, 0.1) is 22.8 Å². The molecule has 0 spiro atoms. The number of fused-ring (bicyclic) bond motifs is 1. The van der Waals surface area contributed by atoms with E-state index in [2.05, 4.69) is 37.4 Å². The third kappa shape index (κ3) is 3.39. The molecule has 0 unspecified atom stereocenters. The van der Waals surface area contributed by atoms with Crippen molar-refractivity contribution in [3.63, 3.8) is 0 Å². The summed E-state index contributed by atoms with van der Waals surface area (Å²) in [6.45, 7) is 2.06. The van der Waals surface area contributed by atoms with E-state index in [-0.39, 0.29) is 12.0 Å². The van der Waals surface area contributed by atoms with Gasteiger partial charge in [-0.3, -0.25) is 5.10 Å². The Kier molecular flexibility index (Phi) is 4.15. The Morgan fingerprint density at radius 2 is 2.07 bits per heavy atom. The molecule has 0 radical (unpaired) electrons. The van der Waals surface area contributed by atoms with E-state index in [1.165, 1.54) is 0 Å². The highest BCUT2D eigenvalue weighted by molar-refractivity contribution is 5.74. The van der Waals surface area contributed by atoms with Gasteiger partial charge in [0.2, 0.25) is 5.95 Å². The van der Waals surface area contributed by atoms with E-state index in [0.29, 0.717) is 24.0 Å². The Bertz CT molecular complexity index is 1150. The van der Waals surface area contributed by atoms with Crippen LogP contribution in [0.5, 0.6) is 0 Å². The van der Waals surface area contributed by atoms with Gasteiger partial charge in [-0.1, -0.05) is 0 Å². The van der Waals surface area contributed by atoms with Crippen LogP contribution in [-0.4, -0.2) is 43.4 Å². The molecule has 9 heteroatoms. The molecule has 1 fully saturated rings. The lowest BCUT2D eigenvalue weighted by Crippen LogP contribution is -2.24. The summed E-state index contributed by atoms with van der Waals surface area (Å²) in [5.74, 6) is 1.74. The monoisotopic (exact) mass is 392 g/mol. The number of halogens is 1. The molecule has 4 aromatic rings. The van der Waals surface area contributed by atoms with Gasteiger partial charge in [-0.05, 0) is 37.6 Å². The largest absolute Gasteiger partial charge is 0.360 e. The van der Waals surface area contributed by atoms with Gasteiger partial charge in [-0.2, -0.15) is 10.1 Å². The van der Waals surface area contributed by atoms with E-state index in [9.17, 15) is 4.39 Å². The molecule has 29 heavy (non-hydrogen) atoms. The molecule has 3 N–H and O–H groups in total. The van der Waals surface area contributed by atoms with Crippen molar-refractivity contribution in [1.82, 2.24) is 30.1 Å². The third-order valence-corrected chi connectivity index (χ3v) is 5.36. The topological polar surface area (TPSA) is 98.4 Å². The highest BCUT2D eigenvalue weighted by atomic mass is 19.1. The normalized spacial score (nSPS) is 19.3. The van der Waals surface area contributed by atoms with Crippen molar-refractivity contribution in [3.05, 3.63) is 54.1 Å². The standard InChI is InChI=1S/C20H21FN8/c1-11(14-3-4-15-16(24-14)5-7-22-15)29(2)20-23-8-6-18(26-20)25-19-10-17(27-28-19)12-9-13(12)21/h3-8,10-13,22H,9H2,1-2H3,(H2,23,25,26,27,28)/t11-,12+,13-/m1/s1. The van der Waals surface area contributed by atoms with E-state index in [1.54, 1.807) is 12.3 Å². The van der Waals surface area contributed by atoms with Gasteiger partial charge in [-0.25, -0.2) is 14.4 Å². The minimum atomic E-state index is -0.761. The van der Waals surface area contributed by atoms with Gasteiger partial charge >= 0.3 is 0 Å². The van der Waals surface area contributed by atoms with Crippen molar-refractivity contribution in [3.8, 4) is 0 Å². The van der Waals surface area contributed by atoms with Gasteiger partial charge < -0.3 is 15.2 Å². The molecular weight excluding hydrogens is 371 g/mol. The highest BCUT2D eigenvalue weighted by Gasteiger charge is 2.40. The van der Waals surface area contributed by atoms with E-state index in [4.69, 9.17) is 4.98 Å². The van der Waals surface area contributed by atoms with E-state index < -0.39 is 6.17 Å². The van der Waals surface area contributed by atoms with Crippen LogP contribution in [0.3, 0.4) is 0 Å². The summed E-state index contributed by atoms with van der Waals surface area (Å²) < 4.78 is 13.2. The third-order valence-electron chi connectivity index (χ3n) is 5.36. The maximum absolute atomic E-state index is 13.2. The number of aromatic nitrogens is 6. The number of aromatic amines is 2. The number of pyridine rings is 1. The van der Waals surface area contributed by atoms with E-state index in [1.807, 2.05) is 42.4 Å². The van der Waals surface area contributed by atoms with Gasteiger partial charge in [0, 0.05) is 37.1 Å². The number of alkyl halides is 1. The summed E-state index contributed by atoms with van der Waals surface area (Å²) in [4.78, 5) is 18.8. The van der Waals surface area contributed by atoms with Crippen molar-refractivity contribution in [2.75, 3.05) is 17.3 Å². The quantitative estimate of drug-likeness (QED) is 0.461. The molecule has 0 aliphatic heterocycles. The van der Waals surface area contributed by atoms with Crippen LogP contribution in [0.1, 0.15) is 36.7 Å². The first-order valence-corrected chi connectivity index (χ1v) is 9.55. The Labute approximate surface area is 166 Å². The predicted molar refractivity (Wildman–Crippen MR) is 109 cm³/mol. The van der Waals surface area contributed by atoms with Crippen LogP contribution >= 0.6 is 0 Å². The summed E-state index contributed by atoms with van der Waals surface area (Å²) >= 11 is 0. The maximum atomic E-state index is 13.2. The van der Waals surface area contributed by atoms with Gasteiger partial charge in [0.15, 0.2) is 5.82 Å². The zero-order chi connectivity index (χ0) is 20.0. The molecule has 5 rings (SSSR count). The zero-order valence-electron chi connectivity index (χ0n) is 16.1. The van der Waals surface area contributed by atoms with Crippen LogP contribution in [0.25, 0.3) is 11.0 Å². The first-order valence-electron chi connectivity index (χ1n) is 9.55. The van der Waals surface area contributed by atoms with Crippen LogP contribution in [0, 0.1) is 0 Å². The van der Waals surface area contributed by atoms with Crippen LogP contribution in [0.4, 0.5) is 22.0 Å². The SMILES string of the molecule is C[C@H](c1ccc2[nH]ccc2n1)N(C)c1nccc(Nc2cc([C@H]3C[C@H]3F)[nH]n2)n1. The predicted octanol–water partition coefficient (Wildman–Crippen LogP) is 3.84. The molecule has 3 atom stereocenters. The molecular formula is C20H21FN8. The number of nitrogens with one attached hydrogen (secondary N) is 3. The van der Waals surface area contributed by atoms with Crippen LogP contribution in [-0.2, 0) is 0 Å². The molecule has 8 nitrogen and oxygen atoms in total. The number of nitrogens with zero attached hydrogens (tertiary/aromatic N) is 5. The van der Waals surface area contributed by atoms with Gasteiger partial charge in [0.1, 0.15) is 12.0 Å². The van der Waals surface area contributed by atoms with Crippen molar-refractivity contribution >= 4 is 28.6 Å². The fraction of sp³-hybridized carbons (Fsp3) is 0.300. The van der Waals surface area contributed by atoms with Crippen LogP contribution in [0.15, 0.2) is 42.7 Å². The molecule has 1 aliphatic rings. The second kappa shape index (κ2) is 6.84. The molecule has 1 aliphatic carbocycles. The first kappa shape index (κ1) is 17.6. The van der Waals surface area contributed by atoms with E-state index >= 15 is 0 Å². The lowest BCUT2D eigenvalue weighted by Gasteiger charge is -2.24. The number of H-pyrrole nitrogens is 2. The average molecular weight is 392 g/mol. The molecule has 4 heterocycles. The lowest BCUT2D eigenvalue weighted by molar-refractivity contribution is 0.466. The highest BCUT2D eigenvalue weighted by Crippen LogP contribution is 2.43. The van der Waals surface area contributed by atoms with Gasteiger partial charge in [0.25, 0.3) is 0 Å². The second-order valence-electron chi connectivity index (χ2n) is 7.37. The second-order valence-corrected chi connectivity index (χ2v) is 7.37. The summed E-state index contributed by atoms with van der Waals surface area (Å²) in [7, 11) is 1.94. The van der Waals surface area contributed by atoms with E-state index in [0.717, 1.165) is 22.4 Å². The zero-order valence-corrected chi connectivity index (χ0v) is 16.1. The van der Waals surface area contributed by atoms with Crippen LogP contribution in [0.2, 0.25) is 0 Å². The fourth-order valence-electron chi connectivity index (χ4n) is 3.35. The number of anilines is 3. The fourth-order valence-corrected chi connectivity index (χ4v) is 3.35. The number of rotatable bonds is 6. The van der Waals surface area contributed by atoms with Crippen molar-refractivity contribution < 1.29 is 4.39 Å². The molecule has 0 aromatic carbocycles. The molecule has 148 valence electrons. The van der Waals surface area contributed by atoms with Crippen LogP contribution < -0.4 is 10.2 Å². The Balaban J connectivity index is 1.33. The first-order chi connectivity index (χ1) is 14.1. The Morgan fingerprint density at radius 3 is 2.90 bits per heavy atom. The summed E-state index contributed by atoms with van der Waals surface area (Å²) in [6, 6.07) is 9.57. The Hall–Kier alpha value is -3.49. The molecule has 0 saturated heterocycles. The summed E-state index contributed by atoms with van der Waals surface area (Å²) in [6.07, 6.45) is 3.38. The molecule has 0 amide bonds. The lowest BCUT2D eigenvalue weighted by atomic mass is 10.2. The van der Waals surface area contributed by atoms with Gasteiger partial charge in [-0.15, -0.1) is 0 Å². The Morgan fingerprint density at radius 1 is 1.21 bits per heavy atom. The van der Waals surface area contributed by atoms with Crippen molar-refractivity contribution in [1.29, 1.82) is 0 Å².